The zero-order chi connectivity index (χ0) is 8.55. The third-order valence-electron chi connectivity index (χ3n) is 2.61. The second kappa shape index (κ2) is 2.81. The van der Waals surface area contributed by atoms with Gasteiger partial charge in [0.1, 0.15) is 0 Å². The van der Waals surface area contributed by atoms with Crippen molar-refractivity contribution < 1.29 is 4.52 Å². The molecule has 1 saturated carbocycles. The first kappa shape index (κ1) is 7.65. The zero-order valence-corrected chi connectivity index (χ0v) is 7.29. The van der Waals surface area contributed by atoms with Crippen molar-refractivity contribution in [2.24, 2.45) is 11.8 Å². The molecule has 1 aliphatic carbocycles. The summed E-state index contributed by atoms with van der Waals surface area (Å²) in [6.07, 6.45) is 5.26. The highest BCUT2D eigenvalue weighted by molar-refractivity contribution is 5.38. The first-order chi connectivity index (χ1) is 5.77. The second-order valence-electron chi connectivity index (χ2n) is 3.72. The molecule has 1 fully saturated rings. The quantitative estimate of drug-likeness (QED) is 0.745. The van der Waals surface area contributed by atoms with Crippen LogP contribution in [-0.2, 0) is 6.42 Å². The molecule has 3 heteroatoms. The third-order valence-corrected chi connectivity index (χ3v) is 2.61. The lowest BCUT2D eigenvalue weighted by atomic mass is 10.0. The van der Waals surface area contributed by atoms with Crippen molar-refractivity contribution in [1.82, 2.24) is 5.16 Å². The molecule has 1 aliphatic rings. The predicted molar refractivity (Wildman–Crippen MR) is 46.5 cm³/mol. The van der Waals surface area contributed by atoms with Crippen molar-refractivity contribution in [1.29, 1.82) is 0 Å². The molecule has 0 aliphatic heterocycles. The molecule has 66 valence electrons. The topological polar surface area (TPSA) is 52.0 Å². The number of nitrogens with zero attached hydrogens (tertiary/aromatic N) is 1. The lowest BCUT2D eigenvalue weighted by molar-refractivity contribution is 0.355. The van der Waals surface area contributed by atoms with Crippen LogP contribution in [0.15, 0.2) is 10.7 Å². The molecule has 1 aromatic rings. The minimum absolute atomic E-state index is 0.695. The Kier molecular flexibility index (Phi) is 1.79. The van der Waals surface area contributed by atoms with E-state index in [1.54, 1.807) is 6.20 Å². The molecule has 3 nitrogen and oxygen atoms in total. The first-order valence-corrected chi connectivity index (χ1v) is 4.46. The van der Waals surface area contributed by atoms with E-state index in [1.807, 2.05) is 0 Å². The van der Waals surface area contributed by atoms with Gasteiger partial charge in [0.05, 0.1) is 11.9 Å². The van der Waals surface area contributed by atoms with Crippen LogP contribution >= 0.6 is 0 Å². The molecular weight excluding hydrogens is 152 g/mol. The molecule has 0 saturated heterocycles. The fourth-order valence-corrected chi connectivity index (χ4v) is 1.55. The molecule has 12 heavy (non-hydrogen) atoms. The summed E-state index contributed by atoms with van der Waals surface area (Å²) in [5, 5.41) is 3.65. The van der Waals surface area contributed by atoms with Crippen LogP contribution in [0.2, 0.25) is 0 Å². The predicted octanol–water partition coefficient (Wildman–Crippen LogP) is 1.85. The number of hydrogen-bond donors (Lipinski definition) is 1. The Morgan fingerprint density at radius 2 is 2.50 bits per heavy atom. The average Bonchev–Trinajstić information content (AvgIpc) is 2.80. The molecule has 0 bridgehead atoms. The summed E-state index contributed by atoms with van der Waals surface area (Å²) in [5.41, 5.74) is 6.35. The lowest BCUT2D eigenvalue weighted by Gasteiger charge is -2.06. The van der Waals surface area contributed by atoms with Crippen LogP contribution in [-0.4, -0.2) is 5.16 Å². The highest BCUT2D eigenvalue weighted by Gasteiger charge is 2.29. The summed E-state index contributed by atoms with van der Waals surface area (Å²) in [5.74, 6) is 2.45. The average molecular weight is 166 g/mol. The molecule has 1 heterocycles. The normalized spacial score (nSPS) is 19.4. The summed E-state index contributed by atoms with van der Waals surface area (Å²) in [4.78, 5) is 0. The van der Waals surface area contributed by atoms with E-state index in [-0.39, 0.29) is 0 Å². The molecule has 2 rings (SSSR count). The van der Waals surface area contributed by atoms with E-state index < -0.39 is 0 Å². The highest BCUT2D eigenvalue weighted by atomic mass is 16.5. The first-order valence-electron chi connectivity index (χ1n) is 4.46. The Hall–Kier alpha value is -0.990. The van der Waals surface area contributed by atoms with E-state index in [0.717, 1.165) is 18.1 Å². The Labute approximate surface area is 71.9 Å². The van der Waals surface area contributed by atoms with Gasteiger partial charge in [-0.05, 0) is 24.7 Å². The van der Waals surface area contributed by atoms with Crippen LogP contribution in [0.5, 0.6) is 0 Å². The molecule has 0 radical (unpaired) electrons. The Morgan fingerprint density at radius 1 is 1.75 bits per heavy atom. The fourth-order valence-electron chi connectivity index (χ4n) is 1.55. The SMILES string of the molecule is CC(Cc1oncc1N)C1CC1. The van der Waals surface area contributed by atoms with Crippen LogP contribution in [0.4, 0.5) is 5.69 Å². The Balaban J connectivity index is 1.97. The maximum absolute atomic E-state index is 5.65. The number of rotatable bonds is 3. The largest absolute Gasteiger partial charge is 0.395 e. The van der Waals surface area contributed by atoms with E-state index in [0.29, 0.717) is 11.6 Å². The number of anilines is 1. The lowest BCUT2D eigenvalue weighted by Crippen LogP contribution is -2.02. The number of aromatic nitrogens is 1. The third kappa shape index (κ3) is 1.44. The fraction of sp³-hybridized carbons (Fsp3) is 0.667. The van der Waals surface area contributed by atoms with E-state index in [2.05, 4.69) is 12.1 Å². The van der Waals surface area contributed by atoms with Gasteiger partial charge in [-0.2, -0.15) is 0 Å². The standard InChI is InChI=1S/C9H14N2O/c1-6(7-2-3-7)4-9-8(10)5-11-12-9/h5-7H,2-4,10H2,1H3. The van der Waals surface area contributed by atoms with E-state index >= 15 is 0 Å². The van der Waals surface area contributed by atoms with Gasteiger partial charge in [-0.3, -0.25) is 0 Å². The Bertz CT molecular complexity index is 265. The summed E-state index contributed by atoms with van der Waals surface area (Å²) in [6, 6.07) is 0. The second-order valence-corrected chi connectivity index (χ2v) is 3.72. The van der Waals surface area contributed by atoms with Gasteiger partial charge in [0, 0.05) is 6.42 Å². The van der Waals surface area contributed by atoms with Crippen LogP contribution in [0.25, 0.3) is 0 Å². The summed E-state index contributed by atoms with van der Waals surface area (Å²) < 4.78 is 5.04. The molecule has 1 aromatic heterocycles. The van der Waals surface area contributed by atoms with Gasteiger partial charge in [-0.1, -0.05) is 12.1 Å². The van der Waals surface area contributed by atoms with Crippen molar-refractivity contribution in [2.75, 3.05) is 5.73 Å². The molecule has 0 amide bonds. The van der Waals surface area contributed by atoms with E-state index in [1.165, 1.54) is 12.8 Å². The maximum atomic E-state index is 5.65. The monoisotopic (exact) mass is 166 g/mol. The number of hydrogen-bond acceptors (Lipinski definition) is 3. The highest BCUT2D eigenvalue weighted by Crippen LogP contribution is 2.38. The maximum Gasteiger partial charge on any atom is 0.159 e. The van der Waals surface area contributed by atoms with Crippen molar-refractivity contribution >= 4 is 5.69 Å². The number of nitrogens with two attached hydrogens (primary N) is 1. The van der Waals surface area contributed by atoms with Crippen molar-refractivity contribution in [3.8, 4) is 0 Å². The zero-order valence-electron chi connectivity index (χ0n) is 7.29. The molecule has 0 spiro atoms. The van der Waals surface area contributed by atoms with Crippen LogP contribution in [0.3, 0.4) is 0 Å². The van der Waals surface area contributed by atoms with Crippen LogP contribution in [0.1, 0.15) is 25.5 Å². The smallest absolute Gasteiger partial charge is 0.159 e. The van der Waals surface area contributed by atoms with Crippen molar-refractivity contribution in [3.63, 3.8) is 0 Å². The van der Waals surface area contributed by atoms with Gasteiger partial charge >= 0.3 is 0 Å². The van der Waals surface area contributed by atoms with Crippen molar-refractivity contribution in [2.45, 2.75) is 26.2 Å². The molecular formula is C9H14N2O. The van der Waals surface area contributed by atoms with Gasteiger partial charge in [-0.25, -0.2) is 0 Å². The van der Waals surface area contributed by atoms with E-state index in [9.17, 15) is 0 Å². The van der Waals surface area contributed by atoms with Gasteiger partial charge in [0.25, 0.3) is 0 Å². The summed E-state index contributed by atoms with van der Waals surface area (Å²) >= 11 is 0. The van der Waals surface area contributed by atoms with Crippen LogP contribution < -0.4 is 5.73 Å². The Morgan fingerprint density at radius 3 is 3.00 bits per heavy atom. The van der Waals surface area contributed by atoms with Crippen LogP contribution in [0, 0.1) is 11.8 Å². The summed E-state index contributed by atoms with van der Waals surface area (Å²) in [7, 11) is 0. The van der Waals surface area contributed by atoms with Gasteiger partial charge < -0.3 is 10.3 Å². The van der Waals surface area contributed by atoms with Gasteiger partial charge in [-0.15, -0.1) is 0 Å². The molecule has 1 unspecified atom stereocenters. The molecule has 2 N–H and O–H groups in total. The summed E-state index contributed by atoms with van der Waals surface area (Å²) in [6.45, 7) is 2.25. The van der Waals surface area contributed by atoms with E-state index in [4.69, 9.17) is 10.3 Å². The van der Waals surface area contributed by atoms with Gasteiger partial charge in [0.15, 0.2) is 5.76 Å². The molecule has 0 aromatic carbocycles. The number of nitrogen functional groups attached to an aromatic ring is 1. The molecule has 1 atom stereocenters. The van der Waals surface area contributed by atoms with Crippen molar-refractivity contribution in [3.05, 3.63) is 12.0 Å². The minimum Gasteiger partial charge on any atom is -0.395 e. The minimum atomic E-state index is 0.695. The van der Waals surface area contributed by atoms with Gasteiger partial charge in [0.2, 0.25) is 0 Å².